The molecule has 0 aliphatic heterocycles. The predicted molar refractivity (Wildman–Crippen MR) is 56.5 cm³/mol. The Kier molecular flexibility index (Phi) is 2.34. The van der Waals surface area contributed by atoms with Crippen LogP contribution in [0.2, 0.25) is 0 Å². The van der Waals surface area contributed by atoms with Gasteiger partial charge in [0.05, 0.1) is 5.54 Å². The van der Waals surface area contributed by atoms with Crippen molar-refractivity contribution in [2.24, 2.45) is 0 Å². The van der Waals surface area contributed by atoms with Crippen molar-refractivity contribution in [2.45, 2.75) is 52.6 Å². The molecule has 0 aliphatic carbocycles. The Bertz CT molecular complexity index is 339. The maximum atomic E-state index is 11.9. The molecule has 1 rings (SSSR count). The zero-order chi connectivity index (χ0) is 11.1. The molecule has 0 saturated carbocycles. The van der Waals surface area contributed by atoms with Crippen LogP contribution < -0.4 is 5.69 Å². The van der Waals surface area contributed by atoms with Crippen molar-refractivity contribution in [1.82, 2.24) is 14.3 Å². The van der Waals surface area contributed by atoms with E-state index in [0.29, 0.717) is 0 Å². The molecule has 0 aromatic carbocycles. The summed E-state index contributed by atoms with van der Waals surface area (Å²) in [6.07, 6.45) is 1.60. The average molecular weight is 197 g/mol. The molecule has 1 aromatic heterocycles. The van der Waals surface area contributed by atoms with E-state index in [1.807, 2.05) is 41.5 Å². The normalized spacial score (nSPS) is 13.3. The van der Waals surface area contributed by atoms with Crippen molar-refractivity contribution in [3.63, 3.8) is 0 Å². The van der Waals surface area contributed by atoms with Gasteiger partial charge in [-0.15, -0.1) is 0 Å². The van der Waals surface area contributed by atoms with Gasteiger partial charge in [0.1, 0.15) is 6.33 Å². The van der Waals surface area contributed by atoms with Gasteiger partial charge in [0, 0.05) is 5.54 Å². The Hall–Kier alpha value is -1.06. The highest BCUT2D eigenvalue weighted by atomic mass is 16.2. The highest BCUT2D eigenvalue weighted by Gasteiger charge is 2.23. The Balaban J connectivity index is 3.31. The van der Waals surface area contributed by atoms with Crippen molar-refractivity contribution in [2.75, 3.05) is 0 Å². The van der Waals surface area contributed by atoms with Crippen LogP contribution in [0.3, 0.4) is 0 Å². The summed E-state index contributed by atoms with van der Waals surface area (Å²) in [6.45, 7) is 11.9. The smallest absolute Gasteiger partial charge is 0.276 e. The van der Waals surface area contributed by atoms with Gasteiger partial charge >= 0.3 is 5.69 Å². The minimum atomic E-state index is -0.256. The molecule has 80 valence electrons. The van der Waals surface area contributed by atoms with Gasteiger partial charge in [-0.1, -0.05) is 0 Å². The van der Waals surface area contributed by atoms with Gasteiger partial charge in [-0.2, -0.15) is 5.10 Å². The van der Waals surface area contributed by atoms with Gasteiger partial charge in [0.2, 0.25) is 0 Å². The Morgan fingerprint density at radius 1 is 1.07 bits per heavy atom. The van der Waals surface area contributed by atoms with Crippen LogP contribution in [-0.2, 0) is 11.1 Å². The zero-order valence-corrected chi connectivity index (χ0v) is 9.83. The molecular formula is C10H19N3O. The van der Waals surface area contributed by atoms with Crippen LogP contribution in [0.15, 0.2) is 11.1 Å². The molecule has 0 unspecified atom stereocenters. The molecule has 14 heavy (non-hydrogen) atoms. The highest BCUT2D eigenvalue weighted by Crippen LogP contribution is 2.12. The molecule has 0 fully saturated rings. The van der Waals surface area contributed by atoms with Crippen molar-refractivity contribution in [3.05, 3.63) is 16.8 Å². The zero-order valence-electron chi connectivity index (χ0n) is 9.83. The number of aromatic nitrogens is 3. The van der Waals surface area contributed by atoms with Gasteiger partial charge in [-0.05, 0) is 41.5 Å². The number of nitrogens with zero attached hydrogens (tertiary/aromatic N) is 3. The van der Waals surface area contributed by atoms with Crippen molar-refractivity contribution < 1.29 is 0 Å². The fourth-order valence-corrected chi connectivity index (χ4v) is 1.22. The van der Waals surface area contributed by atoms with Crippen molar-refractivity contribution >= 4 is 0 Å². The van der Waals surface area contributed by atoms with Crippen LogP contribution >= 0.6 is 0 Å². The molecule has 0 aliphatic rings. The van der Waals surface area contributed by atoms with E-state index in [-0.39, 0.29) is 16.8 Å². The Morgan fingerprint density at radius 3 is 1.79 bits per heavy atom. The molecule has 4 heteroatoms. The lowest BCUT2D eigenvalue weighted by Crippen LogP contribution is -2.40. The van der Waals surface area contributed by atoms with Crippen LogP contribution in [0.5, 0.6) is 0 Å². The lowest BCUT2D eigenvalue weighted by atomic mass is 10.1. The molecule has 0 saturated heterocycles. The monoisotopic (exact) mass is 197 g/mol. The van der Waals surface area contributed by atoms with E-state index in [4.69, 9.17) is 0 Å². The lowest BCUT2D eigenvalue weighted by molar-refractivity contribution is 0.324. The molecule has 1 aromatic rings. The number of rotatable bonds is 0. The third-order valence-electron chi connectivity index (χ3n) is 2.03. The van der Waals surface area contributed by atoms with Crippen LogP contribution in [-0.4, -0.2) is 14.3 Å². The van der Waals surface area contributed by atoms with Gasteiger partial charge in [0.15, 0.2) is 0 Å². The predicted octanol–water partition coefficient (Wildman–Crippen LogP) is 1.55. The Morgan fingerprint density at radius 2 is 1.57 bits per heavy atom. The molecule has 4 nitrogen and oxygen atoms in total. The third kappa shape index (κ3) is 1.89. The number of hydrogen-bond donors (Lipinski definition) is 0. The molecule has 0 radical (unpaired) electrons. The Labute approximate surface area is 84.5 Å². The first-order chi connectivity index (χ1) is 6.14. The molecule has 0 N–H and O–H groups in total. The van der Waals surface area contributed by atoms with E-state index in [0.717, 1.165) is 0 Å². The van der Waals surface area contributed by atoms with E-state index in [9.17, 15) is 4.79 Å². The summed E-state index contributed by atoms with van der Waals surface area (Å²) >= 11 is 0. The molecular weight excluding hydrogens is 178 g/mol. The molecule has 0 bridgehead atoms. The largest absolute Gasteiger partial charge is 0.346 e. The van der Waals surface area contributed by atoms with E-state index in [1.54, 1.807) is 10.9 Å². The van der Waals surface area contributed by atoms with Crippen LogP contribution in [0, 0.1) is 0 Å². The summed E-state index contributed by atoms with van der Waals surface area (Å²) in [5.41, 5.74) is -0.515. The van der Waals surface area contributed by atoms with Gasteiger partial charge < -0.3 is 0 Å². The third-order valence-corrected chi connectivity index (χ3v) is 2.03. The molecule has 0 amide bonds. The molecule has 0 atom stereocenters. The fourth-order valence-electron chi connectivity index (χ4n) is 1.22. The average Bonchev–Trinajstić information content (AvgIpc) is 2.26. The second-order valence-corrected chi connectivity index (χ2v) is 5.54. The minimum Gasteiger partial charge on any atom is -0.276 e. The first-order valence-electron chi connectivity index (χ1n) is 4.81. The summed E-state index contributed by atoms with van der Waals surface area (Å²) in [5.74, 6) is 0. The fraction of sp³-hybridized carbons (Fsp3) is 0.800. The van der Waals surface area contributed by atoms with E-state index >= 15 is 0 Å². The van der Waals surface area contributed by atoms with Crippen LogP contribution in [0.1, 0.15) is 41.5 Å². The SMILES string of the molecule is CC(C)(C)n1cnn(C(C)(C)C)c1=O. The van der Waals surface area contributed by atoms with Crippen molar-refractivity contribution in [1.29, 1.82) is 0 Å². The van der Waals surface area contributed by atoms with E-state index < -0.39 is 0 Å². The van der Waals surface area contributed by atoms with E-state index in [2.05, 4.69) is 5.10 Å². The first kappa shape index (κ1) is 11.0. The highest BCUT2D eigenvalue weighted by molar-refractivity contribution is 4.83. The van der Waals surface area contributed by atoms with Gasteiger partial charge in [0.25, 0.3) is 0 Å². The van der Waals surface area contributed by atoms with Crippen molar-refractivity contribution in [3.8, 4) is 0 Å². The minimum absolute atomic E-state index is 0.0509. The summed E-state index contributed by atoms with van der Waals surface area (Å²) in [6, 6.07) is 0. The summed E-state index contributed by atoms with van der Waals surface area (Å²) in [4.78, 5) is 11.9. The van der Waals surface area contributed by atoms with Crippen LogP contribution in [0.25, 0.3) is 0 Å². The maximum absolute atomic E-state index is 11.9. The molecule has 1 heterocycles. The number of hydrogen-bond acceptors (Lipinski definition) is 2. The van der Waals surface area contributed by atoms with Gasteiger partial charge in [-0.25, -0.2) is 9.48 Å². The second-order valence-electron chi connectivity index (χ2n) is 5.54. The van der Waals surface area contributed by atoms with Crippen LogP contribution in [0.4, 0.5) is 0 Å². The standard InChI is InChI=1S/C10H19N3O/c1-9(2,3)12-7-11-13(8(12)14)10(4,5)6/h7H,1-6H3. The quantitative estimate of drug-likeness (QED) is 0.633. The second kappa shape index (κ2) is 2.97. The maximum Gasteiger partial charge on any atom is 0.346 e. The first-order valence-corrected chi connectivity index (χ1v) is 4.81. The topological polar surface area (TPSA) is 39.8 Å². The summed E-state index contributed by atoms with van der Waals surface area (Å²) in [7, 11) is 0. The van der Waals surface area contributed by atoms with Gasteiger partial charge in [-0.3, -0.25) is 4.57 Å². The van der Waals surface area contributed by atoms with E-state index in [1.165, 1.54) is 4.68 Å². The summed E-state index contributed by atoms with van der Waals surface area (Å²) in [5, 5.41) is 4.12. The lowest BCUT2D eigenvalue weighted by Gasteiger charge is -2.20. The molecule has 0 spiro atoms. The summed E-state index contributed by atoms with van der Waals surface area (Å²) < 4.78 is 3.16.